The first kappa shape index (κ1) is 20.1. The van der Waals surface area contributed by atoms with Gasteiger partial charge in [0.05, 0.1) is 5.69 Å². The van der Waals surface area contributed by atoms with Crippen LogP contribution in [-0.4, -0.2) is 34.1 Å². The average Bonchev–Trinajstić information content (AvgIpc) is 3.26. The Morgan fingerprint density at radius 3 is 2.53 bits per heavy atom. The van der Waals surface area contributed by atoms with E-state index in [-0.39, 0.29) is 5.91 Å². The Labute approximate surface area is 186 Å². The molecule has 0 saturated carbocycles. The van der Waals surface area contributed by atoms with Crippen molar-refractivity contribution in [2.75, 3.05) is 18.5 Å². The largest absolute Gasteiger partial charge is 0.486 e. The number of unbranched alkanes of at least 4 members (excludes halogenated alkanes) is 1. The summed E-state index contributed by atoms with van der Waals surface area (Å²) in [5.74, 6) is 1.02. The summed E-state index contributed by atoms with van der Waals surface area (Å²) in [5, 5.41) is 12.1. The van der Waals surface area contributed by atoms with Crippen LogP contribution in [-0.2, 0) is 6.42 Å². The number of hydrogen-bond donors (Lipinski definition) is 1. The molecule has 4 aromatic rings. The number of aromatic nitrogens is 3. The Hall–Kier alpha value is -3.87. The molecule has 1 aromatic heterocycles. The van der Waals surface area contributed by atoms with Crippen molar-refractivity contribution in [2.45, 2.75) is 26.2 Å². The Morgan fingerprint density at radius 2 is 1.72 bits per heavy atom. The van der Waals surface area contributed by atoms with E-state index in [1.54, 1.807) is 23.0 Å². The van der Waals surface area contributed by atoms with Crippen LogP contribution < -0.4 is 14.8 Å². The predicted molar refractivity (Wildman–Crippen MR) is 123 cm³/mol. The van der Waals surface area contributed by atoms with Crippen LogP contribution in [0.25, 0.3) is 16.7 Å². The fourth-order valence-electron chi connectivity index (χ4n) is 3.67. The molecule has 0 radical (unpaired) electrons. The van der Waals surface area contributed by atoms with Crippen LogP contribution >= 0.6 is 0 Å². The van der Waals surface area contributed by atoms with E-state index in [2.05, 4.69) is 34.6 Å². The summed E-state index contributed by atoms with van der Waals surface area (Å²) in [4.78, 5) is 14.3. The number of hydrogen-bond acceptors (Lipinski definition) is 5. The number of benzene rings is 3. The third kappa shape index (κ3) is 4.14. The minimum Gasteiger partial charge on any atom is -0.486 e. The Bertz CT molecular complexity index is 1260. The van der Waals surface area contributed by atoms with Gasteiger partial charge in [-0.25, -0.2) is 0 Å². The van der Waals surface area contributed by atoms with Crippen LogP contribution in [0.4, 0.5) is 5.69 Å². The van der Waals surface area contributed by atoms with E-state index in [0.29, 0.717) is 41.5 Å². The van der Waals surface area contributed by atoms with E-state index in [9.17, 15) is 4.79 Å². The molecule has 0 unspecified atom stereocenters. The van der Waals surface area contributed by atoms with Gasteiger partial charge in [-0.15, -0.1) is 10.2 Å². The zero-order valence-electron chi connectivity index (χ0n) is 17.9. The fourth-order valence-corrected chi connectivity index (χ4v) is 3.67. The highest BCUT2D eigenvalue weighted by molar-refractivity contribution is 6.05. The molecular weight excluding hydrogens is 404 g/mol. The van der Waals surface area contributed by atoms with E-state index >= 15 is 0 Å². The lowest BCUT2D eigenvalue weighted by molar-refractivity contribution is 0.102. The van der Waals surface area contributed by atoms with E-state index in [1.807, 2.05) is 30.3 Å². The van der Waals surface area contributed by atoms with Crippen molar-refractivity contribution in [3.8, 4) is 17.2 Å². The lowest BCUT2D eigenvalue weighted by Crippen LogP contribution is -2.17. The van der Waals surface area contributed by atoms with Crippen LogP contribution in [0.15, 0.2) is 60.7 Å². The van der Waals surface area contributed by atoms with Crippen molar-refractivity contribution >= 4 is 22.6 Å². The summed E-state index contributed by atoms with van der Waals surface area (Å²) in [7, 11) is 0. The molecule has 1 amide bonds. The third-order valence-electron chi connectivity index (χ3n) is 5.43. The topological polar surface area (TPSA) is 78.3 Å². The van der Waals surface area contributed by atoms with Crippen LogP contribution in [0, 0.1) is 0 Å². The molecule has 162 valence electrons. The molecule has 3 aromatic carbocycles. The minimum atomic E-state index is -0.226. The van der Waals surface area contributed by atoms with Gasteiger partial charge in [-0.1, -0.05) is 25.5 Å². The monoisotopic (exact) mass is 428 g/mol. The Morgan fingerprint density at radius 1 is 0.938 bits per heavy atom. The Balaban J connectivity index is 1.33. The summed E-state index contributed by atoms with van der Waals surface area (Å²) >= 11 is 0. The summed E-state index contributed by atoms with van der Waals surface area (Å²) in [6.07, 6.45) is 3.45. The molecule has 1 aliphatic heterocycles. The van der Waals surface area contributed by atoms with Crippen molar-refractivity contribution in [3.05, 3.63) is 71.8 Å². The molecule has 7 nitrogen and oxygen atoms in total. The highest BCUT2D eigenvalue weighted by Crippen LogP contribution is 2.31. The normalized spacial score (nSPS) is 12.7. The number of fused-ring (bicyclic) bond motifs is 2. The molecule has 0 bridgehead atoms. The molecule has 32 heavy (non-hydrogen) atoms. The molecule has 1 N–H and O–H groups in total. The smallest absolute Gasteiger partial charge is 0.255 e. The molecule has 0 spiro atoms. The molecule has 0 aliphatic carbocycles. The molecular formula is C25H24N4O3. The summed E-state index contributed by atoms with van der Waals surface area (Å²) in [6.45, 7) is 3.19. The van der Waals surface area contributed by atoms with Crippen molar-refractivity contribution in [1.29, 1.82) is 0 Å². The highest BCUT2D eigenvalue weighted by atomic mass is 16.6. The molecule has 2 heterocycles. The van der Waals surface area contributed by atoms with Gasteiger partial charge in [-0.05, 0) is 66.9 Å². The van der Waals surface area contributed by atoms with Gasteiger partial charge >= 0.3 is 0 Å². The van der Waals surface area contributed by atoms with Crippen LogP contribution in [0.3, 0.4) is 0 Å². The Kier molecular flexibility index (Phi) is 5.46. The molecule has 0 fully saturated rings. The van der Waals surface area contributed by atoms with Gasteiger partial charge in [0, 0.05) is 11.3 Å². The van der Waals surface area contributed by atoms with Gasteiger partial charge in [-0.3, -0.25) is 4.79 Å². The second-order valence-corrected chi connectivity index (χ2v) is 7.78. The maximum Gasteiger partial charge on any atom is 0.255 e. The standard InChI is InChI=1S/C25H24N4O3/c1-2-3-4-17-5-9-20(10-6-17)29-27-21-11-8-19(16-22(21)28-29)26-25(30)18-7-12-23-24(15-18)32-14-13-31-23/h5-12,15-16H,2-4,13-14H2,1H3,(H,26,30). The number of nitrogens with one attached hydrogen (secondary N) is 1. The second kappa shape index (κ2) is 8.70. The average molecular weight is 428 g/mol. The van der Waals surface area contributed by atoms with E-state index in [1.165, 1.54) is 18.4 Å². The van der Waals surface area contributed by atoms with Gasteiger partial charge < -0.3 is 14.8 Å². The zero-order valence-corrected chi connectivity index (χ0v) is 17.9. The van der Waals surface area contributed by atoms with Crippen LogP contribution in [0.2, 0.25) is 0 Å². The van der Waals surface area contributed by atoms with Gasteiger partial charge in [0.15, 0.2) is 11.5 Å². The maximum atomic E-state index is 12.7. The molecule has 5 rings (SSSR count). The predicted octanol–water partition coefficient (Wildman–Crippen LogP) is 4.79. The SMILES string of the molecule is CCCCc1ccc(-n2nc3ccc(NC(=O)c4ccc5c(c4)OCCO5)cc3n2)cc1. The zero-order chi connectivity index (χ0) is 21.9. The van der Waals surface area contributed by atoms with Gasteiger partial charge in [-0.2, -0.15) is 4.80 Å². The number of amides is 1. The first-order valence-corrected chi connectivity index (χ1v) is 10.9. The lowest BCUT2D eigenvalue weighted by atomic mass is 10.1. The molecule has 0 atom stereocenters. The number of anilines is 1. The summed E-state index contributed by atoms with van der Waals surface area (Å²) in [6, 6.07) is 19.0. The maximum absolute atomic E-state index is 12.7. The van der Waals surface area contributed by atoms with Gasteiger partial charge in [0.25, 0.3) is 5.91 Å². The molecule has 1 aliphatic rings. The number of carbonyl (C=O) groups is 1. The van der Waals surface area contributed by atoms with E-state index in [4.69, 9.17) is 9.47 Å². The fraction of sp³-hybridized carbons (Fsp3) is 0.240. The van der Waals surface area contributed by atoms with Crippen molar-refractivity contribution < 1.29 is 14.3 Å². The van der Waals surface area contributed by atoms with Crippen molar-refractivity contribution in [2.24, 2.45) is 0 Å². The minimum absolute atomic E-state index is 0.226. The van der Waals surface area contributed by atoms with Crippen molar-refractivity contribution in [3.63, 3.8) is 0 Å². The highest BCUT2D eigenvalue weighted by Gasteiger charge is 2.15. The van der Waals surface area contributed by atoms with E-state index in [0.717, 1.165) is 17.6 Å². The number of carbonyl (C=O) groups excluding carboxylic acids is 1. The molecule has 0 saturated heterocycles. The lowest BCUT2D eigenvalue weighted by Gasteiger charge is -2.18. The van der Waals surface area contributed by atoms with E-state index < -0.39 is 0 Å². The molecule has 7 heteroatoms. The van der Waals surface area contributed by atoms with Crippen molar-refractivity contribution in [1.82, 2.24) is 15.0 Å². The number of rotatable bonds is 6. The summed E-state index contributed by atoms with van der Waals surface area (Å²) < 4.78 is 11.1. The second-order valence-electron chi connectivity index (χ2n) is 7.78. The third-order valence-corrected chi connectivity index (χ3v) is 5.43. The first-order valence-electron chi connectivity index (χ1n) is 10.9. The number of nitrogens with zero attached hydrogens (tertiary/aromatic N) is 3. The summed E-state index contributed by atoms with van der Waals surface area (Å²) in [5.41, 5.74) is 4.85. The van der Waals surface area contributed by atoms with Crippen LogP contribution in [0.5, 0.6) is 11.5 Å². The first-order chi connectivity index (χ1) is 15.7. The number of ether oxygens (including phenoxy) is 2. The van der Waals surface area contributed by atoms with Gasteiger partial charge in [0.2, 0.25) is 0 Å². The van der Waals surface area contributed by atoms with Gasteiger partial charge in [0.1, 0.15) is 24.2 Å². The van der Waals surface area contributed by atoms with Crippen LogP contribution in [0.1, 0.15) is 35.7 Å². The quantitative estimate of drug-likeness (QED) is 0.478. The number of aryl methyl sites for hydroxylation is 1.